The third kappa shape index (κ3) is 1.70. The smallest absolute Gasteiger partial charge is 0.246 e. The van der Waals surface area contributed by atoms with Crippen molar-refractivity contribution in [1.29, 1.82) is 5.26 Å². The lowest BCUT2D eigenvalue weighted by Gasteiger charge is -1.94. The summed E-state index contributed by atoms with van der Waals surface area (Å²) < 4.78 is 3.84. The number of hydrogen-bond donors (Lipinski definition) is 0. The molecule has 8 heteroatoms. The maximum absolute atomic E-state index is 11.4. The second-order valence-electron chi connectivity index (χ2n) is 2.14. The van der Waals surface area contributed by atoms with E-state index in [0.29, 0.717) is 4.91 Å². The minimum atomic E-state index is -0.250. The number of thioether (sulfide) groups is 1. The van der Waals surface area contributed by atoms with Crippen LogP contribution in [0.5, 0.6) is 0 Å². The number of aliphatic imine (C=N–C) groups is 1. The van der Waals surface area contributed by atoms with Crippen molar-refractivity contribution in [3.05, 3.63) is 10.6 Å². The van der Waals surface area contributed by atoms with E-state index < -0.39 is 0 Å². The predicted octanol–water partition coefficient (Wildman–Crippen LogP) is 2.34. The van der Waals surface area contributed by atoms with Gasteiger partial charge in [-0.1, -0.05) is 11.6 Å². The van der Waals surface area contributed by atoms with Gasteiger partial charge >= 0.3 is 0 Å². The molecule has 0 radical (unpaired) electrons. The van der Waals surface area contributed by atoms with E-state index in [0.717, 1.165) is 11.8 Å². The van der Waals surface area contributed by atoms with Crippen molar-refractivity contribution < 1.29 is 4.79 Å². The van der Waals surface area contributed by atoms with Crippen molar-refractivity contribution in [1.82, 2.24) is 0 Å². The molecule has 70 valence electrons. The second kappa shape index (κ2) is 3.98. The van der Waals surface area contributed by atoms with Crippen LogP contribution in [-0.4, -0.2) is 15.3 Å². The average molecular weight is 262 g/mol. The zero-order valence-corrected chi connectivity index (χ0v) is 9.56. The van der Waals surface area contributed by atoms with E-state index in [1.54, 1.807) is 0 Å². The van der Waals surface area contributed by atoms with Crippen LogP contribution in [0.25, 0.3) is 0 Å². The highest BCUT2D eigenvalue weighted by Gasteiger charge is 2.29. The molecular weight excluding hydrogens is 262 g/mol. The number of halogens is 1. The Kier molecular flexibility index (Phi) is 2.88. The van der Waals surface area contributed by atoms with Crippen molar-refractivity contribution in [3.8, 4) is 6.07 Å². The normalized spacial score (nSPS) is 26.1. The monoisotopic (exact) mass is 261 g/mol. The van der Waals surface area contributed by atoms with Crippen molar-refractivity contribution in [3.63, 3.8) is 0 Å². The molecule has 2 heterocycles. The van der Waals surface area contributed by atoms with Gasteiger partial charge in [0.1, 0.15) is 11.8 Å². The van der Waals surface area contributed by atoms with Gasteiger partial charge in [0.2, 0.25) is 5.12 Å². The standard InChI is InChI=1S/C6ClN3OS3/c7-5-4(13-14-10-5)3-6(11)12-2(1-8)9-3/b4-3+. The Bertz CT molecular complexity index is 448. The highest BCUT2D eigenvalue weighted by atomic mass is 35.5. The third-order valence-electron chi connectivity index (χ3n) is 1.33. The molecule has 0 aromatic rings. The summed E-state index contributed by atoms with van der Waals surface area (Å²) in [4.78, 5) is 15.8. The van der Waals surface area contributed by atoms with E-state index >= 15 is 0 Å². The third-order valence-corrected chi connectivity index (χ3v) is 4.40. The van der Waals surface area contributed by atoms with E-state index in [1.165, 1.54) is 21.8 Å². The van der Waals surface area contributed by atoms with Crippen LogP contribution in [0, 0.1) is 11.3 Å². The summed E-state index contributed by atoms with van der Waals surface area (Å²) in [6, 6.07) is 1.82. The fraction of sp³-hybridized carbons (Fsp3) is 0. The molecule has 14 heavy (non-hydrogen) atoms. The maximum Gasteiger partial charge on any atom is 0.246 e. The topological polar surface area (TPSA) is 65.6 Å². The van der Waals surface area contributed by atoms with Crippen LogP contribution in [0.2, 0.25) is 0 Å². The molecule has 4 nitrogen and oxygen atoms in total. The number of rotatable bonds is 0. The van der Waals surface area contributed by atoms with Gasteiger partial charge in [-0.3, -0.25) is 4.79 Å². The van der Waals surface area contributed by atoms with Crippen LogP contribution in [0.15, 0.2) is 20.0 Å². The van der Waals surface area contributed by atoms with Crippen molar-refractivity contribution in [2.24, 2.45) is 9.39 Å². The average Bonchev–Trinajstić information content (AvgIpc) is 2.72. The Balaban J connectivity index is 2.45. The lowest BCUT2D eigenvalue weighted by atomic mass is 10.4. The fourth-order valence-electron chi connectivity index (χ4n) is 0.799. The van der Waals surface area contributed by atoms with Crippen molar-refractivity contribution >= 4 is 60.5 Å². The summed E-state index contributed by atoms with van der Waals surface area (Å²) >= 11 is 6.57. The van der Waals surface area contributed by atoms with Crippen molar-refractivity contribution in [2.75, 3.05) is 0 Å². The van der Waals surface area contributed by atoms with Crippen LogP contribution in [0.1, 0.15) is 0 Å². The molecule has 0 N–H and O–H groups in total. The summed E-state index contributed by atoms with van der Waals surface area (Å²) in [7, 11) is 2.46. The minimum absolute atomic E-state index is 0.152. The first-order valence-electron chi connectivity index (χ1n) is 3.25. The molecule has 0 bridgehead atoms. The molecule has 0 aromatic heterocycles. The Labute approximate surface area is 96.4 Å². The lowest BCUT2D eigenvalue weighted by Crippen LogP contribution is -1.95. The summed E-state index contributed by atoms with van der Waals surface area (Å²) in [6.45, 7) is 0. The van der Waals surface area contributed by atoms with Crippen LogP contribution in [0.3, 0.4) is 0 Å². The van der Waals surface area contributed by atoms with Gasteiger partial charge in [0.15, 0.2) is 10.2 Å². The predicted molar refractivity (Wildman–Crippen MR) is 61.1 cm³/mol. The molecule has 0 saturated carbocycles. The van der Waals surface area contributed by atoms with Gasteiger partial charge in [0.25, 0.3) is 0 Å². The van der Waals surface area contributed by atoms with Crippen LogP contribution in [-0.2, 0) is 4.79 Å². The van der Waals surface area contributed by atoms with Gasteiger partial charge in [-0.15, -0.1) is 0 Å². The van der Waals surface area contributed by atoms with E-state index in [2.05, 4.69) is 9.39 Å². The molecule has 0 unspecified atom stereocenters. The SMILES string of the molecule is N#CC1=N/C(=C2/SSN=C2Cl)C(=O)S1. The number of carbonyl (C=O) groups excluding carboxylic acids is 1. The van der Waals surface area contributed by atoms with E-state index in [1.807, 2.05) is 6.07 Å². The summed E-state index contributed by atoms with van der Waals surface area (Å²) in [5.74, 6) is 0. The van der Waals surface area contributed by atoms with Gasteiger partial charge in [-0.2, -0.15) is 9.66 Å². The quantitative estimate of drug-likeness (QED) is 0.380. The lowest BCUT2D eigenvalue weighted by molar-refractivity contribution is -0.107. The summed E-state index contributed by atoms with van der Waals surface area (Å²) in [5, 5.41) is 8.73. The first-order chi connectivity index (χ1) is 6.72. The fourth-order valence-corrected chi connectivity index (χ4v) is 3.73. The highest BCUT2D eigenvalue weighted by Crippen LogP contribution is 2.44. The molecule has 0 saturated heterocycles. The molecule has 0 amide bonds. The molecule has 0 aromatic carbocycles. The van der Waals surface area contributed by atoms with Crippen LogP contribution < -0.4 is 0 Å². The first-order valence-corrected chi connectivity index (χ1v) is 6.55. The molecule has 2 aliphatic rings. The zero-order chi connectivity index (χ0) is 10.1. The highest BCUT2D eigenvalue weighted by molar-refractivity contribution is 8.78. The van der Waals surface area contributed by atoms with Crippen LogP contribution >= 0.6 is 45.1 Å². The first kappa shape index (κ1) is 10.1. The van der Waals surface area contributed by atoms with E-state index in [4.69, 9.17) is 16.9 Å². The Morgan fingerprint density at radius 2 is 2.29 bits per heavy atom. The molecule has 0 atom stereocenters. The number of nitriles is 1. The molecule has 2 aliphatic heterocycles. The summed E-state index contributed by atoms with van der Waals surface area (Å²) in [6.07, 6.45) is 0. The number of allylic oxidation sites excluding steroid dienone is 1. The van der Waals surface area contributed by atoms with E-state index in [-0.39, 0.29) is 21.0 Å². The number of hydrogen-bond acceptors (Lipinski definition) is 7. The van der Waals surface area contributed by atoms with Gasteiger partial charge in [-0.05, 0) is 22.6 Å². The molecule has 0 fully saturated rings. The molecule has 0 spiro atoms. The molecular formula is C6ClN3OS3. The Hall–Kier alpha value is -0.420. The largest absolute Gasteiger partial charge is 0.279 e. The minimum Gasteiger partial charge on any atom is -0.279 e. The molecule has 0 aliphatic carbocycles. The Morgan fingerprint density at radius 1 is 1.50 bits per heavy atom. The summed E-state index contributed by atoms with van der Waals surface area (Å²) in [5.41, 5.74) is 0.232. The number of nitrogens with zero attached hydrogens (tertiary/aromatic N) is 3. The van der Waals surface area contributed by atoms with E-state index in [9.17, 15) is 4.79 Å². The second-order valence-corrected chi connectivity index (χ2v) is 5.31. The Morgan fingerprint density at radius 3 is 2.79 bits per heavy atom. The van der Waals surface area contributed by atoms with Gasteiger partial charge in [0, 0.05) is 0 Å². The van der Waals surface area contributed by atoms with Gasteiger partial charge < -0.3 is 0 Å². The number of carbonyl (C=O) groups is 1. The van der Waals surface area contributed by atoms with Crippen molar-refractivity contribution in [2.45, 2.75) is 0 Å². The maximum atomic E-state index is 11.4. The van der Waals surface area contributed by atoms with Gasteiger partial charge in [0.05, 0.1) is 15.9 Å². The van der Waals surface area contributed by atoms with Crippen LogP contribution in [0.4, 0.5) is 0 Å². The van der Waals surface area contributed by atoms with Gasteiger partial charge in [-0.25, -0.2) is 4.99 Å². The zero-order valence-electron chi connectivity index (χ0n) is 6.35. The molecule has 2 rings (SSSR count).